The summed E-state index contributed by atoms with van der Waals surface area (Å²) in [4.78, 5) is 27.1. The van der Waals surface area contributed by atoms with E-state index in [2.05, 4.69) is 58.2 Å². The van der Waals surface area contributed by atoms with Gasteiger partial charge in [-0.15, -0.1) is 0 Å². The van der Waals surface area contributed by atoms with Crippen molar-refractivity contribution in [2.75, 3.05) is 56.8 Å². The Hall–Kier alpha value is -15.4. The van der Waals surface area contributed by atoms with Crippen LogP contribution in [0.1, 0.15) is 22.3 Å². The summed E-state index contributed by atoms with van der Waals surface area (Å²) in [5, 5.41) is 4.89. The highest BCUT2D eigenvalue weighted by Crippen LogP contribution is 2.53. The van der Waals surface area contributed by atoms with Crippen molar-refractivity contribution in [1.82, 2.24) is 29.9 Å². The van der Waals surface area contributed by atoms with Crippen LogP contribution in [0.25, 0.3) is 132 Å². The first-order valence-electron chi connectivity index (χ1n) is 41.1. The largest absolute Gasteiger partial charge is 0.497 e. The van der Waals surface area contributed by atoms with E-state index in [1.165, 1.54) is 13.3 Å². The molecule has 28 nitrogen and oxygen atoms in total. The van der Waals surface area contributed by atoms with Crippen LogP contribution in [0, 0.1) is 20.8 Å². The fourth-order valence-electron chi connectivity index (χ4n) is 17.1. The molecule has 12 heterocycles. The van der Waals surface area contributed by atoms with Crippen molar-refractivity contribution in [3.05, 3.63) is 302 Å². The van der Waals surface area contributed by atoms with Crippen LogP contribution in [0.5, 0.6) is 23.0 Å². The molecular weight excluding hydrogens is 1850 g/mol. The molecule has 0 spiro atoms. The van der Waals surface area contributed by atoms with Crippen molar-refractivity contribution in [2.24, 2.45) is 0 Å². The Morgan fingerprint density at radius 2 is 0.622 bits per heavy atom. The number of alkyl halides is 3. The predicted molar refractivity (Wildman–Crippen MR) is 513 cm³/mol. The van der Waals surface area contributed by atoms with E-state index in [0.717, 1.165) is 101 Å². The number of pyridine rings is 6. The van der Waals surface area contributed by atoms with Gasteiger partial charge in [-0.05, 0) is 171 Å². The molecule has 6 N–H and O–H groups in total. The Kier molecular flexibility index (Phi) is 22.2. The van der Waals surface area contributed by atoms with E-state index in [1.54, 1.807) is 155 Å². The maximum Gasteiger partial charge on any atom is 0.416 e. The second kappa shape index (κ2) is 33.7. The Morgan fingerprint density at radius 1 is 0.252 bits per heavy atom. The number of aryl methyl sites for hydroxylation is 3. The Morgan fingerprint density at radius 3 is 1.14 bits per heavy atom. The molecule has 12 aromatic carbocycles. The van der Waals surface area contributed by atoms with E-state index < -0.39 is 71.9 Å². The summed E-state index contributed by atoms with van der Waals surface area (Å²) in [6, 6.07) is 68.9. The molecule has 18 aromatic rings. The summed E-state index contributed by atoms with van der Waals surface area (Å²) in [5.41, 5.74) is 16.1. The van der Waals surface area contributed by atoms with Gasteiger partial charge in [-0.25, -0.2) is 50.5 Å². The number of nitrogens with one attached hydrogen (secondary N) is 6. The van der Waals surface area contributed by atoms with Crippen LogP contribution in [0.4, 0.5) is 47.3 Å². The lowest BCUT2D eigenvalue weighted by Crippen LogP contribution is -2.20. The molecule has 0 unspecified atom stereocenters. The fraction of sp³-hybridized carbons (Fsp3) is 0.0816. The number of benzene rings is 12. The van der Waals surface area contributed by atoms with E-state index in [-0.39, 0.29) is 30.8 Å². The van der Waals surface area contributed by atoms with Gasteiger partial charge in [0.15, 0.2) is 0 Å². The second-order valence-corrected chi connectivity index (χ2v) is 41.4. The number of sulfonamides is 6. The predicted octanol–water partition coefficient (Wildman–Crippen LogP) is 20.1. The molecule has 0 aliphatic carbocycles. The minimum atomic E-state index is -4.58. The van der Waals surface area contributed by atoms with Gasteiger partial charge in [-0.2, -0.15) is 13.2 Å². The zero-order chi connectivity index (χ0) is 94.7. The lowest BCUT2D eigenvalue weighted by atomic mass is 9.97. The van der Waals surface area contributed by atoms with Crippen LogP contribution < -0.4 is 47.3 Å². The Balaban J connectivity index is 0.000000104. The molecule has 0 amide bonds. The third-order valence-electron chi connectivity index (χ3n) is 23.5. The van der Waals surface area contributed by atoms with Gasteiger partial charge in [0.25, 0.3) is 60.1 Å². The average molecular weight is 1920 g/mol. The van der Waals surface area contributed by atoms with Gasteiger partial charge in [-0.3, -0.25) is 58.2 Å². The maximum atomic E-state index is 13.1. The molecule has 0 saturated heterocycles. The van der Waals surface area contributed by atoms with Crippen molar-refractivity contribution in [3.8, 4) is 89.8 Å². The molecule has 0 bridgehead atoms. The molecule has 0 radical (unpaired) electrons. The first-order chi connectivity index (χ1) is 64.6. The lowest BCUT2D eigenvalue weighted by molar-refractivity contribution is -0.137. The smallest absolute Gasteiger partial charge is 0.416 e. The first-order valence-corrected chi connectivity index (χ1v) is 50.0. The number of halogens is 3. The van der Waals surface area contributed by atoms with E-state index >= 15 is 0 Å². The second-order valence-electron chi connectivity index (χ2n) is 31.5. The van der Waals surface area contributed by atoms with Crippen LogP contribution in [-0.4, -0.2) is 109 Å². The van der Waals surface area contributed by atoms with Crippen LogP contribution in [0.2, 0.25) is 0 Å². The highest BCUT2D eigenvalue weighted by Gasteiger charge is 2.39. The summed E-state index contributed by atoms with van der Waals surface area (Å²) in [6.07, 6.45) is 5.14. The molecule has 0 fully saturated rings. The Bertz CT molecular complexity index is 8880. The molecule has 135 heavy (non-hydrogen) atoms. The number of anilines is 6. The number of fused-ring (bicyclic) bond motifs is 30. The van der Waals surface area contributed by atoms with Crippen LogP contribution >= 0.6 is 0 Å². The number of aromatic nitrogens is 6. The summed E-state index contributed by atoms with van der Waals surface area (Å²) >= 11 is 0. The normalized spacial score (nSPS) is 14.9. The molecule has 6 aromatic heterocycles. The average Bonchev–Trinajstić information content (AvgIpc) is 0.745. The van der Waals surface area contributed by atoms with Gasteiger partial charge in [0.05, 0.1) is 136 Å². The van der Waals surface area contributed by atoms with Gasteiger partial charge in [-0.1, -0.05) is 109 Å². The van der Waals surface area contributed by atoms with E-state index in [1.807, 2.05) is 142 Å². The molecule has 0 saturated carbocycles. The van der Waals surface area contributed by atoms with Crippen molar-refractivity contribution < 1.29 is 82.6 Å². The SMILES string of the molecule is COc1cc2c(c3ncccc13)NS(=O)(=O)c1ccccc1-2.COc1cc2cccnc2c2c1-c1ccccc1S(=O)(=O)N2.COc1ccc2c(c1)-c1ccc3cccnc3c1NS2(=O)=O.COc1ccnc2c3c(ccc12)-c1cc(C(F)(F)F)ccc1S(=O)(=O)N3.Cc1cc2c(c3ncccc13)NS(=O)(=O)c1ccccc1-2.Cc1cc2c(cc1C)S(=O)(=O)Nc1c-2ccc2cccnc12. The number of ether oxygens (including phenoxy) is 4. The molecule has 0 atom stereocenters. The quantitative estimate of drug-likeness (QED) is 0.0953. The number of hydrogen-bond donors (Lipinski definition) is 6. The topological polar surface area (TPSA) is 391 Å². The molecule has 6 aliphatic heterocycles. The van der Waals surface area contributed by atoms with Crippen LogP contribution in [0.3, 0.4) is 0 Å². The lowest BCUT2D eigenvalue weighted by Gasteiger charge is -2.24. The van der Waals surface area contributed by atoms with E-state index in [9.17, 15) is 63.7 Å². The Labute approximate surface area is 771 Å². The number of hydrogen-bond acceptors (Lipinski definition) is 22. The summed E-state index contributed by atoms with van der Waals surface area (Å²) in [6.45, 7) is 5.92. The number of nitrogens with zero attached hydrogens (tertiary/aromatic N) is 6. The van der Waals surface area contributed by atoms with Gasteiger partial charge < -0.3 is 18.9 Å². The zero-order valence-electron chi connectivity index (χ0n) is 71.9. The van der Waals surface area contributed by atoms with Crippen molar-refractivity contribution in [3.63, 3.8) is 0 Å². The van der Waals surface area contributed by atoms with Crippen LogP contribution in [0.15, 0.2) is 309 Å². The molecule has 678 valence electrons. The van der Waals surface area contributed by atoms with Crippen molar-refractivity contribution >= 4 is 160 Å². The van der Waals surface area contributed by atoms with E-state index in [4.69, 9.17) is 18.9 Å². The molecule has 6 aliphatic rings. The highest BCUT2D eigenvalue weighted by molar-refractivity contribution is 7.94. The summed E-state index contributed by atoms with van der Waals surface area (Å²) in [5.74, 6) is 2.37. The number of rotatable bonds is 4. The molecule has 37 heteroatoms. The minimum absolute atomic E-state index is 0.0138. The fourth-order valence-corrected chi connectivity index (χ4v) is 25.0. The molecule has 24 rings (SSSR count). The maximum absolute atomic E-state index is 13.1. The van der Waals surface area contributed by atoms with Gasteiger partial charge in [0, 0.05) is 131 Å². The first kappa shape index (κ1) is 88.8. The van der Waals surface area contributed by atoms with Crippen LogP contribution in [-0.2, 0) is 66.3 Å². The third kappa shape index (κ3) is 15.8. The van der Waals surface area contributed by atoms with Gasteiger partial charge >= 0.3 is 6.18 Å². The monoisotopic (exact) mass is 1920 g/mol. The third-order valence-corrected chi connectivity index (χ3v) is 32.0. The summed E-state index contributed by atoms with van der Waals surface area (Å²) < 4.78 is 226. The zero-order valence-corrected chi connectivity index (χ0v) is 76.8. The van der Waals surface area contributed by atoms with E-state index in [0.29, 0.717) is 122 Å². The summed E-state index contributed by atoms with van der Waals surface area (Å²) in [7, 11) is -15.8. The molecular formula is C98H73F3N12O16S6. The van der Waals surface area contributed by atoms with Crippen molar-refractivity contribution in [1.29, 1.82) is 0 Å². The number of methoxy groups -OCH3 is 4. The standard InChI is InChI=1S/C17H11F3N2O3S.C17H14N2O2S.3C16H12N2O3S.C16H12N2O2S/c1-25-13-6-7-21-15-11(13)4-3-10-12-8-9(17(18,19)20)2-5-14(12)26(23,24)22-16(10)15;1-10-8-14-13-6-5-12-4-3-7-18-16(12)17(13)19-22(20,21)15(14)9-11(10)2;1-21-11-5-7-14-13(9-11)12-6-4-10-3-2-8-17-15(10)16(12)18-22(14,19)20;1-21-12-9-10-5-4-8-17-15(10)16-14(12)11-6-2-3-7-13(11)22(19,20)18-16;1-21-13-9-12-10-5-2-3-7-14(10)22(19,20)18-16(12)15-11(13)6-4-8-17-15;1-10-9-13-12-5-2-3-7-14(12)21(19,20)18-16(13)15-11(10)6-4-8-17-15/h2-8,22H,1H3;3-9,19H,1-2H3;3*2-9,18H,1H3;2-9,18H,1H3. The van der Waals surface area contributed by atoms with Gasteiger partial charge in [0.2, 0.25) is 0 Å². The highest BCUT2D eigenvalue weighted by atomic mass is 32.2. The minimum Gasteiger partial charge on any atom is -0.497 e. The van der Waals surface area contributed by atoms with Gasteiger partial charge in [0.1, 0.15) is 23.0 Å². The van der Waals surface area contributed by atoms with Crippen molar-refractivity contribution in [2.45, 2.75) is 56.3 Å².